The van der Waals surface area contributed by atoms with Crippen molar-refractivity contribution in [3.05, 3.63) is 83.3 Å². The molecule has 2 aromatic carbocycles. The molecule has 0 saturated heterocycles. The Bertz CT molecular complexity index is 1490. The number of aryl methyl sites for hydroxylation is 1. The molecule has 6 nitrogen and oxygen atoms in total. The molecule has 0 bridgehead atoms. The fourth-order valence-electron chi connectivity index (χ4n) is 3.71. The Morgan fingerprint density at radius 1 is 1.00 bits per heavy atom. The molecular formula is C23H17FN4O2. The van der Waals surface area contributed by atoms with E-state index in [9.17, 15) is 9.18 Å². The minimum absolute atomic E-state index is 0.0748. The monoisotopic (exact) mass is 400 g/mol. The second kappa shape index (κ2) is 6.81. The number of hydrogen-bond acceptors (Lipinski definition) is 4. The van der Waals surface area contributed by atoms with Crippen LogP contribution in [0.4, 0.5) is 4.39 Å². The van der Waals surface area contributed by atoms with Crippen LogP contribution in [0.25, 0.3) is 38.6 Å². The second-order valence-electron chi connectivity index (χ2n) is 7.02. The lowest BCUT2D eigenvalue weighted by Crippen LogP contribution is -2.18. The average Bonchev–Trinajstić information content (AvgIpc) is 3.20. The van der Waals surface area contributed by atoms with Crippen LogP contribution in [0.15, 0.2) is 71.9 Å². The molecule has 0 unspecified atom stereocenters. The summed E-state index contributed by atoms with van der Waals surface area (Å²) in [4.78, 5) is 17.5. The third kappa shape index (κ3) is 2.83. The maximum Gasteiger partial charge on any atom is 0.255 e. The van der Waals surface area contributed by atoms with Gasteiger partial charge in [-0.15, -0.1) is 0 Å². The number of fused-ring (bicyclic) bond motifs is 3. The molecule has 0 aliphatic heterocycles. The van der Waals surface area contributed by atoms with Gasteiger partial charge in [-0.1, -0.05) is 6.07 Å². The van der Waals surface area contributed by atoms with E-state index in [2.05, 4.69) is 10.1 Å². The molecule has 0 N–H and O–H groups in total. The first-order chi connectivity index (χ1) is 14.5. The average molecular weight is 400 g/mol. The van der Waals surface area contributed by atoms with Gasteiger partial charge in [0.25, 0.3) is 5.56 Å². The number of methoxy groups -OCH3 is 1. The fraction of sp³-hybridized carbons (Fsp3) is 0.0870. The Balaban J connectivity index is 1.87. The SMILES string of the molecule is COc1cc(-n2c(=O)ccc3cnc4ccc(-c5cnn(C)c5)cc4c32)ccc1F. The molecule has 0 amide bonds. The minimum Gasteiger partial charge on any atom is -0.494 e. The molecule has 3 aromatic heterocycles. The molecule has 0 aliphatic carbocycles. The fourth-order valence-corrected chi connectivity index (χ4v) is 3.71. The number of aromatic nitrogens is 4. The molecular weight excluding hydrogens is 383 g/mol. The summed E-state index contributed by atoms with van der Waals surface area (Å²) in [5.74, 6) is -0.411. The summed E-state index contributed by atoms with van der Waals surface area (Å²) in [6.45, 7) is 0. The van der Waals surface area contributed by atoms with E-state index < -0.39 is 5.82 Å². The van der Waals surface area contributed by atoms with Crippen LogP contribution in [-0.2, 0) is 7.05 Å². The van der Waals surface area contributed by atoms with E-state index in [-0.39, 0.29) is 11.3 Å². The largest absolute Gasteiger partial charge is 0.494 e. The summed E-state index contributed by atoms with van der Waals surface area (Å²) in [6.07, 6.45) is 5.45. The summed E-state index contributed by atoms with van der Waals surface area (Å²) in [6, 6.07) is 13.5. The lowest BCUT2D eigenvalue weighted by Gasteiger charge is -2.14. The Labute approximate surface area is 170 Å². The summed E-state index contributed by atoms with van der Waals surface area (Å²) in [7, 11) is 3.26. The van der Waals surface area contributed by atoms with E-state index in [1.54, 1.807) is 33.8 Å². The van der Waals surface area contributed by atoms with Gasteiger partial charge in [-0.05, 0) is 35.9 Å². The van der Waals surface area contributed by atoms with Crippen molar-refractivity contribution in [1.82, 2.24) is 19.3 Å². The van der Waals surface area contributed by atoms with Crippen LogP contribution in [-0.4, -0.2) is 26.4 Å². The van der Waals surface area contributed by atoms with Gasteiger partial charge >= 0.3 is 0 Å². The molecule has 30 heavy (non-hydrogen) atoms. The van der Waals surface area contributed by atoms with Crippen molar-refractivity contribution in [1.29, 1.82) is 0 Å². The quantitative estimate of drug-likeness (QED) is 0.428. The maximum atomic E-state index is 14.0. The third-order valence-corrected chi connectivity index (χ3v) is 5.15. The second-order valence-corrected chi connectivity index (χ2v) is 7.02. The predicted molar refractivity (Wildman–Crippen MR) is 114 cm³/mol. The highest BCUT2D eigenvalue weighted by Crippen LogP contribution is 2.30. The number of ether oxygens (including phenoxy) is 1. The zero-order valence-electron chi connectivity index (χ0n) is 16.3. The van der Waals surface area contributed by atoms with Crippen molar-refractivity contribution < 1.29 is 9.13 Å². The first kappa shape index (κ1) is 18.1. The van der Waals surface area contributed by atoms with Crippen LogP contribution in [0.1, 0.15) is 0 Å². The zero-order chi connectivity index (χ0) is 20.8. The molecule has 5 aromatic rings. The van der Waals surface area contributed by atoms with Crippen molar-refractivity contribution in [2.45, 2.75) is 0 Å². The summed E-state index contributed by atoms with van der Waals surface area (Å²) in [5, 5.41) is 5.85. The van der Waals surface area contributed by atoms with Crippen molar-refractivity contribution in [2.75, 3.05) is 7.11 Å². The normalized spacial score (nSPS) is 11.3. The number of nitrogens with zero attached hydrogens (tertiary/aromatic N) is 4. The lowest BCUT2D eigenvalue weighted by atomic mass is 10.0. The van der Waals surface area contributed by atoms with E-state index in [1.807, 2.05) is 31.4 Å². The van der Waals surface area contributed by atoms with Gasteiger partial charge in [-0.2, -0.15) is 5.10 Å². The molecule has 7 heteroatoms. The van der Waals surface area contributed by atoms with Crippen molar-refractivity contribution >= 4 is 21.8 Å². The number of rotatable bonds is 3. The van der Waals surface area contributed by atoms with Gasteiger partial charge in [0.2, 0.25) is 0 Å². The van der Waals surface area contributed by atoms with Gasteiger partial charge < -0.3 is 4.74 Å². The molecule has 148 valence electrons. The Morgan fingerprint density at radius 3 is 2.63 bits per heavy atom. The van der Waals surface area contributed by atoms with Crippen LogP contribution >= 0.6 is 0 Å². The first-order valence-corrected chi connectivity index (χ1v) is 9.32. The van der Waals surface area contributed by atoms with Crippen LogP contribution in [0.2, 0.25) is 0 Å². The Kier molecular flexibility index (Phi) is 4.10. The highest BCUT2D eigenvalue weighted by molar-refractivity contribution is 6.05. The van der Waals surface area contributed by atoms with Crippen LogP contribution < -0.4 is 10.3 Å². The number of pyridine rings is 2. The van der Waals surface area contributed by atoms with Gasteiger partial charge in [-0.3, -0.25) is 19.0 Å². The molecule has 5 rings (SSSR count). The maximum absolute atomic E-state index is 14.0. The van der Waals surface area contributed by atoms with Crippen molar-refractivity contribution in [3.8, 4) is 22.6 Å². The van der Waals surface area contributed by atoms with Gasteiger partial charge in [0.15, 0.2) is 11.6 Å². The molecule has 0 atom stereocenters. The van der Waals surface area contributed by atoms with E-state index >= 15 is 0 Å². The standard InChI is InChI=1S/C23H17FN4O2/c1-27-13-16(12-26-27)14-3-7-20-18(9-14)23-15(11-25-20)4-8-22(29)28(23)17-5-6-19(24)21(10-17)30-2/h3-13H,1-2H3. The van der Waals surface area contributed by atoms with Gasteiger partial charge in [0, 0.05) is 47.9 Å². The molecule has 0 fully saturated rings. The molecule has 0 saturated carbocycles. The highest BCUT2D eigenvalue weighted by Gasteiger charge is 2.13. The Morgan fingerprint density at radius 2 is 1.87 bits per heavy atom. The van der Waals surface area contributed by atoms with E-state index in [0.29, 0.717) is 11.2 Å². The topological polar surface area (TPSA) is 61.9 Å². The van der Waals surface area contributed by atoms with Crippen molar-refractivity contribution in [3.63, 3.8) is 0 Å². The highest BCUT2D eigenvalue weighted by atomic mass is 19.1. The van der Waals surface area contributed by atoms with E-state index in [0.717, 1.165) is 27.4 Å². The van der Waals surface area contributed by atoms with Gasteiger partial charge in [0.05, 0.1) is 30.0 Å². The van der Waals surface area contributed by atoms with Gasteiger partial charge in [-0.25, -0.2) is 4.39 Å². The molecule has 3 heterocycles. The third-order valence-electron chi connectivity index (χ3n) is 5.15. The van der Waals surface area contributed by atoms with Crippen LogP contribution in [0, 0.1) is 5.82 Å². The lowest BCUT2D eigenvalue weighted by molar-refractivity contribution is 0.386. The van der Waals surface area contributed by atoms with Crippen LogP contribution in [0.3, 0.4) is 0 Å². The number of benzene rings is 2. The Hall–Kier alpha value is -4.00. The van der Waals surface area contributed by atoms with Gasteiger partial charge in [0.1, 0.15) is 0 Å². The smallest absolute Gasteiger partial charge is 0.255 e. The molecule has 0 aliphatic rings. The summed E-state index contributed by atoms with van der Waals surface area (Å²) >= 11 is 0. The predicted octanol–water partition coefficient (Wildman–Crippen LogP) is 4.09. The number of halogens is 1. The minimum atomic E-state index is -0.486. The van der Waals surface area contributed by atoms with Crippen LogP contribution in [0.5, 0.6) is 5.75 Å². The number of hydrogen-bond donors (Lipinski definition) is 0. The molecule has 0 spiro atoms. The van der Waals surface area contributed by atoms with Crippen molar-refractivity contribution in [2.24, 2.45) is 7.05 Å². The van der Waals surface area contributed by atoms with E-state index in [1.165, 1.54) is 25.3 Å². The summed E-state index contributed by atoms with van der Waals surface area (Å²) in [5.41, 5.74) is 3.67. The molecule has 0 radical (unpaired) electrons. The zero-order valence-corrected chi connectivity index (χ0v) is 16.3. The first-order valence-electron chi connectivity index (χ1n) is 9.32. The summed E-state index contributed by atoms with van der Waals surface area (Å²) < 4.78 is 22.4. The van der Waals surface area contributed by atoms with E-state index in [4.69, 9.17) is 4.74 Å².